The second-order valence-electron chi connectivity index (χ2n) is 7.14. The molecule has 10 heteroatoms. The smallest absolute Gasteiger partial charge is 0.237 e. The van der Waals surface area contributed by atoms with E-state index in [1.165, 1.54) is 0 Å². The molecule has 164 valence electrons. The molecule has 3 aromatic heterocycles. The van der Waals surface area contributed by atoms with Crippen LogP contribution in [0.25, 0.3) is 11.3 Å². The third-order valence-corrected chi connectivity index (χ3v) is 4.98. The first-order chi connectivity index (χ1) is 15.6. The lowest BCUT2D eigenvalue weighted by Gasteiger charge is -2.12. The minimum absolute atomic E-state index is 0.174. The molecule has 2 N–H and O–H groups in total. The summed E-state index contributed by atoms with van der Waals surface area (Å²) in [5.41, 5.74) is 3.47. The van der Waals surface area contributed by atoms with Crippen LogP contribution < -0.4 is 10.1 Å². The number of aliphatic hydroxyl groups is 1. The van der Waals surface area contributed by atoms with E-state index in [2.05, 4.69) is 46.3 Å². The molecule has 1 aromatic carbocycles. The van der Waals surface area contributed by atoms with Crippen molar-refractivity contribution in [2.75, 3.05) is 11.9 Å². The van der Waals surface area contributed by atoms with Gasteiger partial charge < -0.3 is 15.2 Å². The number of aliphatic hydroxyl groups excluding tert-OH is 1. The van der Waals surface area contributed by atoms with Crippen LogP contribution >= 0.6 is 15.9 Å². The molecule has 0 aliphatic carbocycles. The summed E-state index contributed by atoms with van der Waals surface area (Å²) in [6.07, 6.45) is 12.6. The van der Waals surface area contributed by atoms with Crippen LogP contribution in [0.3, 0.4) is 0 Å². The van der Waals surface area contributed by atoms with E-state index in [4.69, 9.17) is 9.84 Å². The van der Waals surface area contributed by atoms with Gasteiger partial charge in [0.25, 0.3) is 0 Å². The maximum absolute atomic E-state index is 9.09. The van der Waals surface area contributed by atoms with Crippen LogP contribution in [0.4, 0.5) is 11.6 Å². The van der Waals surface area contributed by atoms with Crippen molar-refractivity contribution in [1.82, 2.24) is 29.7 Å². The lowest BCUT2D eigenvalue weighted by atomic mass is 10.1. The van der Waals surface area contributed by atoms with Crippen LogP contribution in [0.5, 0.6) is 11.6 Å². The van der Waals surface area contributed by atoms with Crippen molar-refractivity contribution in [3.63, 3.8) is 0 Å². The molecule has 4 aromatic rings. The maximum Gasteiger partial charge on any atom is 0.237 e. The Labute approximate surface area is 193 Å². The molecule has 0 unspecified atom stereocenters. The van der Waals surface area contributed by atoms with E-state index in [0.717, 1.165) is 46.2 Å². The predicted molar refractivity (Wildman–Crippen MR) is 124 cm³/mol. The molecule has 0 atom stereocenters. The first-order valence-corrected chi connectivity index (χ1v) is 10.9. The highest BCUT2D eigenvalue weighted by Gasteiger charge is 2.08. The Morgan fingerprint density at radius 1 is 1.00 bits per heavy atom. The average molecular weight is 496 g/mol. The van der Waals surface area contributed by atoms with Gasteiger partial charge in [0.1, 0.15) is 5.75 Å². The minimum Gasteiger partial charge on any atom is -0.437 e. The van der Waals surface area contributed by atoms with Crippen LogP contribution in [-0.2, 0) is 13.5 Å². The van der Waals surface area contributed by atoms with Gasteiger partial charge in [-0.05, 0) is 52.9 Å². The number of aryl methyl sites for hydroxylation is 2. The van der Waals surface area contributed by atoms with Gasteiger partial charge >= 0.3 is 0 Å². The highest BCUT2D eigenvalue weighted by atomic mass is 79.9. The summed E-state index contributed by atoms with van der Waals surface area (Å²) in [5, 5.41) is 16.5. The Morgan fingerprint density at radius 3 is 2.53 bits per heavy atom. The van der Waals surface area contributed by atoms with E-state index >= 15 is 0 Å². The van der Waals surface area contributed by atoms with Gasteiger partial charge in [0.2, 0.25) is 11.8 Å². The first-order valence-electron chi connectivity index (χ1n) is 10.1. The van der Waals surface area contributed by atoms with Crippen molar-refractivity contribution in [3.05, 3.63) is 65.4 Å². The molecule has 0 fully saturated rings. The zero-order valence-electron chi connectivity index (χ0n) is 17.4. The SMILES string of the molecule is Cn1cc(-c2cnc(Oc3cc(CCCCO)cc(Nc4ncc(Br)cn4)c3)cn2)cn1. The number of benzene rings is 1. The van der Waals surface area contributed by atoms with E-state index in [9.17, 15) is 0 Å². The molecule has 0 spiro atoms. The molecular weight excluding hydrogens is 474 g/mol. The summed E-state index contributed by atoms with van der Waals surface area (Å²) in [7, 11) is 1.85. The number of hydrogen-bond acceptors (Lipinski definition) is 8. The van der Waals surface area contributed by atoms with Crippen molar-refractivity contribution in [2.24, 2.45) is 7.05 Å². The van der Waals surface area contributed by atoms with E-state index in [-0.39, 0.29) is 6.61 Å². The van der Waals surface area contributed by atoms with Crippen molar-refractivity contribution in [2.45, 2.75) is 19.3 Å². The predicted octanol–water partition coefficient (Wildman–Crippen LogP) is 4.28. The summed E-state index contributed by atoms with van der Waals surface area (Å²) in [4.78, 5) is 17.3. The van der Waals surface area contributed by atoms with Gasteiger partial charge in [0.05, 0.1) is 28.8 Å². The topological polar surface area (TPSA) is 111 Å². The lowest BCUT2D eigenvalue weighted by Crippen LogP contribution is -1.99. The van der Waals surface area contributed by atoms with Crippen LogP contribution in [0, 0.1) is 0 Å². The normalized spacial score (nSPS) is 10.8. The summed E-state index contributed by atoms with van der Waals surface area (Å²) >= 11 is 3.34. The van der Waals surface area contributed by atoms with Crippen molar-refractivity contribution in [3.8, 4) is 22.9 Å². The molecule has 0 aliphatic rings. The first kappa shape index (κ1) is 21.8. The molecule has 3 heterocycles. The van der Waals surface area contributed by atoms with Crippen LogP contribution in [0.2, 0.25) is 0 Å². The van der Waals surface area contributed by atoms with Crippen molar-refractivity contribution < 1.29 is 9.84 Å². The van der Waals surface area contributed by atoms with Crippen LogP contribution in [0.1, 0.15) is 18.4 Å². The van der Waals surface area contributed by atoms with E-state index in [1.54, 1.807) is 35.7 Å². The quantitative estimate of drug-likeness (QED) is 0.331. The van der Waals surface area contributed by atoms with Crippen LogP contribution in [0.15, 0.2) is 59.9 Å². The summed E-state index contributed by atoms with van der Waals surface area (Å²) in [5.74, 6) is 1.48. The van der Waals surface area contributed by atoms with Gasteiger partial charge in [-0.2, -0.15) is 5.10 Å². The van der Waals surface area contributed by atoms with Gasteiger partial charge in [-0.15, -0.1) is 0 Å². The van der Waals surface area contributed by atoms with E-state index in [1.807, 2.05) is 31.4 Å². The summed E-state index contributed by atoms with van der Waals surface area (Å²) < 4.78 is 8.51. The third kappa shape index (κ3) is 5.86. The van der Waals surface area contributed by atoms with E-state index in [0.29, 0.717) is 17.6 Å². The van der Waals surface area contributed by atoms with Gasteiger partial charge in [0.15, 0.2) is 0 Å². The summed E-state index contributed by atoms with van der Waals surface area (Å²) in [6.45, 7) is 0.174. The lowest BCUT2D eigenvalue weighted by molar-refractivity contribution is 0.284. The second-order valence-corrected chi connectivity index (χ2v) is 8.06. The fourth-order valence-electron chi connectivity index (χ4n) is 3.08. The third-order valence-electron chi connectivity index (χ3n) is 4.57. The Bertz CT molecular complexity index is 1160. The fourth-order valence-corrected chi connectivity index (χ4v) is 3.28. The summed E-state index contributed by atoms with van der Waals surface area (Å²) in [6, 6.07) is 5.84. The number of anilines is 2. The zero-order valence-corrected chi connectivity index (χ0v) is 19.0. The van der Waals surface area contributed by atoms with Gasteiger partial charge in [-0.25, -0.2) is 19.9 Å². The van der Waals surface area contributed by atoms with Crippen LogP contribution in [-0.4, -0.2) is 41.4 Å². The molecule has 0 radical (unpaired) electrons. The van der Waals surface area contributed by atoms with Crippen molar-refractivity contribution >= 4 is 27.6 Å². The molecule has 0 saturated heterocycles. The van der Waals surface area contributed by atoms with Crippen molar-refractivity contribution in [1.29, 1.82) is 0 Å². The minimum atomic E-state index is 0.174. The molecule has 32 heavy (non-hydrogen) atoms. The Balaban J connectivity index is 1.54. The standard InChI is InChI=1S/C22H22BrN7O2/c1-30-14-16(9-28-30)20-12-25-21(13-24-20)32-19-7-15(4-2-3-5-31)6-18(8-19)29-22-26-10-17(23)11-27-22/h6-14,31H,2-5H2,1H3,(H,26,27,29). The number of nitrogens with zero attached hydrogens (tertiary/aromatic N) is 6. The molecular formula is C22H22BrN7O2. The number of unbranched alkanes of at least 4 members (excludes halogenated alkanes) is 1. The molecule has 0 bridgehead atoms. The number of nitrogens with one attached hydrogen (secondary N) is 1. The average Bonchev–Trinajstić information content (AvgIpc) is 3.22. The fraction of sp³-hybridized carbons (Fsp3) is 0.227. The Morgan fingerprint density at radius 2 is 1.84 bits per heavy atom. The monoisotopic (exact) mass is 495 g/mol. The van der Waals surface area contributed by atoms with Gasteiger partial charge in [-0.3, -0.25) is 4.68 Å². The largest absolute Gasteiger partial charge is 0.437 e. The second kappa shape index (κ2) is 10.3. The molecule has 0 saturated carbocycles. The highest BCUT2D eigenvalue weighted by molar-refractivity contribution is 9.10. The zero-order chi connectivity index (χ0) is 22.3. The Hall–Kier alpha value is -3.37. The number of halogens is 1. The number of rotatable bonds is 9. The Kier molecular flexibility index (Phi) is 7.03. The maximum atomic E-state index is 9.09. The molecule has 9 nitrogen and oxygen atoms in total. The number of aromatic nitrogens is 6. The number of hydrogen-bond donors (Lipinski definition) is 2. The molecule has 0 aliphatic heterocycles. The number of ether oxygens (including phenoxy) is 1. The highest BCUT2D eigenvalue weighted by Crippen LogP contribution is 2.28. The van der Waals surface area contributed by atoms with Gasteiger partial charge in [0, 0.05) is 49.6 Å². The van der Waals surface area contributed by atoms with Gasteiger partial charge in [-0.1, -0.05) is 0 Å². The molecule has 4 rings (SSSR count). The molecule has 0 amide bonds. The van der Waals surface area contributed by atoms with E-state index < -0.39 is 0 Å².